The van der Waals surface area contributed by atoms with Gasteiger partial charge in [-0.15, -0.1) is 0 Å². The fourth-order valence-electron chi connectivity index (χ4n) is 3.64. The van der Waals surface area contributed by atoms with Gasteiger partial charge in [-0.2, -0.15) is 18.2 Å². The van der Waals surface area contributed by atoms with E-state index < -0.39 is 17.3 Å². The zero-order valence-corrected chi connectivity index (χ0v) is 14.6. The molecule has 6 nitrogen and oxygen atoms in total. The van der Waals surface area contributed by atoms with Crippen LogP contribution in [0.15, 0.2) is 6.07 Å². The Balaban J connectivity index is 1.92. The smallest absolute Gasteiger partial charge is 0.355 e. The van der Waals surface area contributed by atoms with Crippen LogP contribution in [0.5, 0.6) is 0 Å². The molecule has 9 heteroatoms. The van der Waals surface area contributed by atoms with Gasteiger partial charge < -0.3 is 14.7 Å². The average molecular weight is 357 g/mol. The highest BCUT2D eigenvalue weighted by molar-refractivity contribution is 5.84. The van der Waals surface area contributed by atoms with E-state index in [1.54, 1.807) is 30.9 Å². The number of anilines is 2. The Hall–Kier alpha value is -2.06. The minimum atomic E-state index is -4.54. The number of rotatable bonds is 2. The van der Waals surface area contributed by atoms with Crippen molar-refractivity contribution < 1.29 is 18.0 Å². The Labute approximate surface area is 144 Å². The Morgan fingerprint density at radius 1 is 1.20 bits per heavy atom. The lowest BCUT2D eigenvalue weighted by molar-refractivity contribution is -0.143. The first kappa shape index (κ1) is 17.8. The highest BCUT2D eigenvalue weighted by Crippen LogP contribution is 2.41. The summed E-state index contributed by atoms with van der Waals surface area (Å²) in [5, 5.41) is 0. The molecule has 1 spiro atoms. The van der Waals surface area contributed by atoms with Gasteiger partial charge >= 0.3 is 6.18 Å². The topological polar surface area (TPSA) is 52.6 Å². The van der Waals surface area contributed by atoms with Gasteiger partial charge in [0, 0.05) is 46.8 Å². The molecule has 1 aromatic heterocycles. The number of alkyl halides is 3. The minimum absolute atomic E-state index is 0.0119. The first-order valence-corrected chi connectivity index (χ1v) is 8.26. The van der Waals surface area contributed by atoms with Crippen LogP contribution in [0.25, 0.3) is 0 Å². The van der Waals surface area contributed by atoms with Crippen LogP contribution < -0.4 is 9.80 Å². The highest BCUT2D eigenvalue weighted by Gasteiger charge is 2.48. The molecule has 2 aliphatic rings. The maximum Gasteiger partial charge on any atom is 0.433 e. The lowest BCUT2D eigenvalue weighted by Gasteiger charge is -2.37. The van der Waals surface area contributed by atoms with Crippen molar-refractivity contribution in [3.8, 4) is 0 Å². The summed E-state index contributed by atoms with van der Waals surface area (Å²) in [5.74, 6) is 0.320. The molecule has 138 valence electrons. The van der Waals surface area contributed by atoms with Gasteiger partial charge in [-0.25, -0.2) is 4.98 Å². The molecule has 0 aliphatic carbocycles. The molecule has 0 N–H and O–H groups in total. The molecule has 2 aliphatic heterocycles. The molecule has 3 heterocycles. The number of aromatic nitrogens is 2. The van der Waals surface area contributed by atoms with Crippen molar-refractivity contribution >= 4 is 17.7 Å². The molecule has 2 fully saturated rings. The second-order valence-electron chi connectivity index (χ2n) is 7.09. The number of likely N-dealkylation sites (tertiary alicyclic amines) is 1. The molecule has 25 heavy (non-hydrogen) atoms. The number of carbonyl (C=O) groups is 1. The van der Waals surface area contributed by atoms with E-state index in [4.69, 9.17) is 0 Å². The molecule has 0 bridgehead atoms. The number of halogens is 3. The number of nitrogens with zero attached hydrogens (tertiary/aromatic N) is 5. The van der Waals surface area contributed by atoms with E-state index in [-0.39, 0.29) is 17.7 Å². The van der Waals surface area contributed by atoms with Gasteiger partial charge in [0.2, 0.25) is 11.9 Å². The van der Waals surface area contributed by atoms with E-state index in [0.717, 1.165) is 25.5 Å². The van der Waals surface area contributed by atoms with Crippen LogP contribution in [0.2, 0.25) is 0 Å². The number of hydrogen-bond acceptors (Lipinski definition) is 5. The molecular weight excluding hydrogens is 335 g/mol. The van der Waals surface area contributed by atoms with Gasteiger partial charge in [-0.05, 0) is 19.3 Å². The van der Waals surface area contributed by atoms with Crippen LogP contribution in [-0.4, -0.2) is 61.6 Å². The normalized spacial score (nSPS) is 24.3. The minimum Gasteiger partial charge on any atom is -0.355 e. The third-order valence-electron chi connectivity index (χ3n) is 5.02. The first-order valence-electron chi connectivity index (χ1n) is 8.26. The molecule has 0 unspecified atom stereocenters. The van der Waals surface area contributed by atoms with Gasteiger partial charge in [0.15, 0.2) is 5.69 Å². The SMILES string of the molecule is CN1CCC[C@@]2(CCN(c3cc(C(F)(F)F)nc(N(C)C)n3)C2)C1=O. The lowest BCUT2D eigenvalue weighted by Crippen LogP contribution is -2.48. The Morgan fingerprint density at radius 3 is 2.56 bits per heavy atom. The first-order chi connectivity index (χ1) is 11.6. The fourth-order valence-corrected chi connectivity index (χ4v) is 3.64. The summed E-state index contributed by atoms with van der Waals surface area (Å²) < 4.78 is 39.5. The Morgan fingerprint density at radius 2 is 1.92 bits per heavy atom. The van der Waals surface area contributed by atoms with Gasteiger partial charge in [0.05, 0.1) is 5.41 Å². The fraction of sp³-hybridized carbons (Fsp3) is 0.688. The summed E-state index contributed by atoms with van der Waals surface area (Å²) in [6.45, 7) is 1.65. The zero-order valence-electron chi connectivity index (χ0n) is 14.6. The van der Waals surface area contributed by atoms with E-state index in [1.807, 2.05) is 0 Å². The van der Waals surface area contributed by atoms with E-state index in [9.17, 15) is 18.0 Å². The van der Waals surface area contributed by atoms with E-state index in [2.05, 4.69) is 9.97 Å². The number of carbonyl (C=O) groups excluding carboxylic acids is 1. The number of piperidine rings is 1. The van der Waals surface area contributed by atoms with Crippen molar-refractivity contribution in [3.05, 3.63) is 11.8 Å². The van der Waals surface area contributed by atoms with Crippen LogP contribution in [0.1, 0.15) is 25.0 Å². The van der Waals surface area contributed by atoms with Crippen LogP contribution in [0.4, 0.5) is 24.9 Å². The molecule has 1 amide bonds. The summed E-state index contributed by atoms with van der Waals surface area (Å²) in [6.07, 6.45) is -2.22. The molecule has 3 rings (SSSR count). The molecule has 1 atom stereocenters. The lowest BCUT2D eigenvalue weighted by atomic mass is 9.78. The summed E-state index contributed by atoms with van der Waals surface area (Å²) >= 11 is 0. The predicted octanol–water partition coefficient (Wildman–Crippen LogP) is 2.01. The van der Waals surface area contributed by atoms with Crippen LogP contribution in [-0.2, 0) is 11.0 Å². The third kappa shape index (κ3) is 3.23. The predicted molar refractivity (Wildman–Crippen MR) is 87.5 cm³/mol. The van der Waals surface area contributed by atoms with Crippen LogP contribution >= 0.6 is 0 Å². The second kappa shape index (κ2) is 6.03. The average Bonchev–Trinajstić information content (AvgIpc) is 2.96. The Kier molecular flexibility index (Phi) is 4.28. The molecule has 0 aromatic carbocycles. The van der Waals surface area contributed by atoms with Crippen molar-refractivity contribution in [3.63, 3.8) is 0 Å². The maximum atomic E-state index is 13.2. The molecule has 0 saturated carbocycles. The van der Waals surface area contributed by atoms with Crippen molar-refractivity contribution in [1.82, 2.24) is 14.9 Å². The standard InChI is InChI=1S/C16H22F3N5O/c1-22(2)14-20-11(16(17,18)19)9-12(21-14)24-8-6-15(10-24)5-4-7-23(3)13(15)25/h9H,4-8,10H2,1-3H3/t15-/m0/s1. The molecule has 0 radical (unpaired) electrons. The van der Waals surface area contributed by atoms with Gasteiger partial charge in [-0.3, -0.25) is 4.79 Å². The van der Waals surface area contributed by atoms with Crippen molar-refractivity contribution in [1.29, 1.82) is 0 Å². The molecular formula is C16H22F3N5O. The number of amides is 1. The van der Waals surface area contributed by atoms with Gasteiger partial charge in [-0.1, -0.05) is 0 Å². The van der Waals surface area contributed by atoms with E-state index >= 15 is 0 Å². The summed E-state index contributed by atoms with van der Waals surface area (Å²) in [7, 11) is 4.98. The quantitative estimate of drug-likeness (QED) is 0.811. The highest BCUT2D eigenvalue weighted by atomic mass is 19.4. The van der Waals surface area contributed by atoms with E-state index in [1.165, 1.54) is 4.90 Å². The maximum absolute atomic E-state index is 13.2. The molecule has 1 aromatic rings. The Bertz CT molecular complexity index is 678. The van der Waals surface area contributed by atoms with Crippen LogP contribution in [0.3, 0.4) is 0 Å². The summed E-state index contributed by atoms with van der Waals surface area (Å²) in [4.78, 5) is 25.4. The van der Waals surface area contributed by atoms with Gasteiger partial charge in [0.1, 0.15) is 5.82 Å². The third-order valence-corrected chi connectivity index (χ3v) is 5.02. The van der Waals surface area contributed by atoms with Crippen LogP contribution in [0, 0.1) is 5.41 Å². The largest absolute Gasteiger partial charge is 0.433 e. The monoisotopic (exact) mass is 357 g/mol. The second-order valence-corrected chi connectivity index (χ2v) is 7.09. The zero-order chi connectivity index (χ0) is 18.4. The van der Waals surface area contributed by atoms with Crippen molar-refractivity contribution in [2.75, 3.05) is 50.6 Å². The van der Waals surface area contributed by atoms with Crippen molar-refractivity contribution in [2.45, 2.75) is 25.4 Å². The number of hydrogen-bond donors (Lipinski definition) is 0. The van der Waals surface area contributed by atoms with Crippen molar-refractivity contribution in [2.24, 2.45) is 5.41 Å². The van der Waals surface area contributed by atoms with Gasteiger partial charge in [0.25, 0.3) is 0 Å². The van der Waals surface area contributed by atoms with E-state index in [0.29, 0.717) is 19.5 Å². The molecule has 2 saturated heterocycles. The summed E-state index contributed by atoms with van der Waals surface area (Å²) in [5.41, 5.74) is -1.47. The summed E-state index contributed by atoms with van der Waals surface area (Å²) in [6, 6.07) is 0.975.